The molecule has 25 heavy (non-hydrogen) atoms. The van der Waals surface area contributed by atoms with Gasteiger partial charge in [0.25, 0.3) is 5.69 Å². The molecule has 0 aliphatic carbocycles. The average molecular weight is 360 g/mol. The zero-order chi connectivity index (χ0) is 18.1. The fraction of sp³-hybridized carbons (Fsp3) is 0.250. The SMILES string of the molecule is COc1ccc2nc(S(=O)Cc3ncc(C)c([N+](=O)[O-])c3C)[nH]c2c1. The van der Waals surface area contributed by atoms with Crippen LogP contribution >= 0.6 is 0 Å². The van der Waals surface area contributed by atoms with Crippen LogP contribution in [0.15, 0.2) is 29.6 Å². The van der Waals surface area contributed by atoms with Crippen LogP contribution in [0.2, 0.25) is 0 Å². The van der Waals surface area contributed by atoms with Crippen molar-refractivity contribution in [3.05, 3.63) is 51.3 Å². The fourth-order valence-corrected chi connectivity index (χ4v) is 3.68. The lowest BCUT2D eigenvalue weighted by atomic mass is 10.1. The number of hydrogen-bond donors (Lipinski definition) is 1. The number of nitro groups is 1. The van der Waals surface area contributed by atoms with Gasteiger partial charge < -0.3 is 9.72 Å². The van der Waals surface area contributed by atoms with Crippen LogP contribution in [0.1, 0.15) is 16.8 Å². The molecule has 130 valence electrons. The smallest absolute Gasteiger partial charge is 0.278 e. The Balaban J connectivity index is 1.92. The summed E-state index contributed by atoms with van der Waals surface area (Å²) in [5.74, 6) is 0.712. The van der Waals surface area contributed by atoms with Gasteiger partial charge in [-0.25, -0.2) is 4.98 Å². The van der Waals surface area contributed by atoms with Gasteiger partial charge in [0, 0.05) is 23.4 Å². The first-order chi connectivity index (χ1) is 11.9. The van der Waals surface area contributed by atoms with Crippen LogP contribution in [0, 0.1) is 24.0 Å². The summed E-state index contributed by atoms with van der Waals surface area (Å²) in [6.07, 6.45) is 1.43. The number of aryl methyl sites for hydroxylation is 1. The van der Waals surface area contributed by atoms with E-state index in [4.69, 9.17) is 4.74 Å². The van der Waals surface area contributed by atoms with Crippen molar-refractivity contribution >= 4 is 27.5 Å². The Morgan fingerprint density at radius 1 is 1.36 bits per heavy atom. The normalized spacial score (nSPS) is 12.3. The van der Waals surface area contributed by atoms with Gasteiger partial charge in [-0.15, -0.1) is 0 Å². The second-order valence-corrected chi connectivity index (χ2v) is 6.90. The Hall–Kier alpha value is -2.81. The molecule has 1 N–H and O–H groups in total. The van der Waals surface area contributed by atoms with Crippen molar-refractivity contribution in [2.45, 2.75) is 24.8 Å². The summed E-state index contributed by atoms with van der Waals surface area (Å²) < 4.78 is 17.8. The lowest BCUT2D eigenvalue weighted by Gasteiger charge is -2.06. The zero-order valence-corrected chi connectivity index (χ0v) is 14.7. The topological polar surface area (TPSA) is 111 Å². The molecule has 3 rings (SSSR count). The first-order valence-electron chi connectivity index (χ1n) is 7.42. The third-order valence-electron chi connectivity index (χ3n) is 3.91. The van der Waals surface area contributed by atoms with E-state index in [1.807, 2.05) is 0 Å². The van der Waals surface area contributed by atoms with E-state index >= 15 is 0 Å². The van der Waals surface area contributed by atoms with Gasteiger partial charge in [0.2, 0.25) is 0 Å². The molecule has 0 amide bonds. The predicted octanol–water partition coefficient (Wildman–Crippen LogP) is 2.80. The number of benzene rings is 1. The van der Waals surface area contributed by atoms with Gasteiger partial charge >= 0.3 is 0 Å². The molecular weight excluding hydrogens is 344 g/mol. The molecule has 3 aromatic rings. The molecule has 1 atom stereocenters. The quantitative estimate of drug-likeness (QED) is 0.553. The minimum absolute atomic E-state index is 0.0105. The average Bonchev–Trinajstić information content (AvgIpc) is 3.00. The van der Waals surface area contributed by atoms with Crippen molar-refractivity contribution < 1.29 is 13.9 Å². The number of aromatic amines is 1. The molecule has 0 saturated carbocycles. The largest absolute Gasteiger partial charge is 0.497 e. The van der Waals surface area contributed by atoms with E-state index in [1.54, 1.807) is 39.2 Å². The lowest BCUT2D eigenvalue weighted by molar-refractivity contribution is -0.386. The molecule has 0 saturated heterocycles. The number of nitrogens with one attached hydrogen (secondary N) is 1. The van der Waals surface area contributed by atoms with E-state index in [0.29, 0.717) is 38.8 Å². The lowest BCUT2D eigenvalue weighted by Crippen LogP contribution is -2.06. The molecular formula is C16H16N4O4S. The van der Waals surface area contributed by atoms with Crippen molar-refractivity contribution in [2.24, 2.45) is 0 Å². The summed E-state index contributed by atoms with van der Waals surface area (Å²) in [4.78, 5) is 22.3. The third-order valence-corrected chi connectivity index (χ3v) is 5.07. The molecule has 0 radical (unpaired) electrons. The van der Waals surface area contributed by atoms with Crippen LogP contribution in [0.5, 0.6) is 5.75 Å². The van der Waals surface area contributed by atoms with Gasteiger partial charge in [0.1, 0.15) is 5.75 Å². The first kappa shape index (κ1) is 17.0. The summed E-state index contributed by atoms with van der Waals surface area (Å²) >= 11 is 0. The van der Waals surface area contributed by atoms with Crippen LogP contribution in [0.3, 0.4) is 0 Å². The molecule has 0 spiro atoms. The van der Waals surface area contributed by atoms with Crippen LogP contribution in [-0.2, 0) is 16.6 Å². The number of aromatic nitrogens is 3. The maximum absolute atomic E-state index is 12.6. The molecule has 2 heterocycles. The van der Waals surface area contributed by atoms with Gasteiger partial charge in [0.05, 0.1) is 45.3 Å². The predicted molar refractivity (Wildman–Crippen MR) is 93.1 cm³/mol. The highest BCUT2D eigenvalue weighted by atomic mass is 32.2. The minimum atomic E-state index is -1.51. The maximum Gasteiger partial charge on any atom is 0.278 e. The molecule has 1 aromatic carbocycles. The molecule has 0 aliphatic heterocycles. The van der Waals surface area contributed by atoms with Crippen molar-refractivity contribution in [2.75, 3.05) is 7.11 Å². The Kier molecular flexibility index (Phi) is 4.49. The molecule has 0 bridgehead atoms. The van der Waals surface area contributed by atoms with E-state index in [0.717, 1.165) is 0 Å². The minimum Gasteiger partial charge on any atom is -0.497 e. The van der Waals surface area contributed by atoms with Crippen molar-refractivity contribution in [1.29, 1.82) is 0 Å². The highest BCUT2D eigenvalue weighted by molar-refractivity contribution is 7.84. The van der Waals surface area contributed by atoms with Crippen LogP contribution in [-0.4, -0.2) is 31.2 Å². The number of nitrogens with zero attached hydrogens (tertiary/aromatic N) is 3. The van der Waals surface area contributed by atoms with Gasteiger partial charge in [-0.05, 0) is 26.0 Å². The standard InChI is InChI=1S/C16H16N4O4S/c1-9-7-17-14(10(2)15(9)20(21)22)8-25(23)16-18-12-5-4-11(24-3)6-13(12)19-16/h4-7H,8H2,1-3H3,(H,18,19). The van der Waals surface area contributed by atoms with Gasteiger partial charge in [0.15, 0.2) is 5.16 Å². The molecule has 0 fully saturated rings. The number of imidazole rings is 1. The Morgan fingerprint density at radius 3 is 2.80 bits per heavy atom. The van der Waals surface area contributed by atoms with Gasteiger partial charge in [-0.3, -0.25) is 19.3 Å². The monoisotopic (exact) mass is 360 g/mol. The van der Waals surface area contributed by atoms with Crippen molar-refractivity contribution in [3.63, 3.8) is 0 Å². The summed E-state index contributed by atoms with van der Waals surface area (Å²) in [5, 5.41) is 11.5. The number of methoxy groups -OCH3 is 1. The van der Waals surface area contributed by atoms with E-state index in [-0.39, 0.29) is 11.4 Å². The highest BCUT2D eigenvalue weighted by Gasteiger charge is 2.21. The number of H-pyrrole nitrogens is 1. The Labute approximate surface area is 145 Å². The van der Waals surface area contributed by atoms with Gasteiger partial charge in [-0.2, -0.15) is 0 Å². The molecule has 2 aromatic heterocycles. The summed E-state index contributed by atoms with van der Waals surface area (Å²) in [7, 11) is 0.0582. The van der Waals surface area contributed by atoms with Gasteiger partial charge in [-0.1, -0.05) is 0 Å². The molecule has 1 unspecified atom stereocenters. The summed E-state index contributed by atoms with van der Waals surface area (Å²) in [6, 6.07) is 5.31. The second kappa shape index (κ2) is 6.60. The maximum atomic E-state index is 12.6. The molecule has 0 aliphatic rings. The van der Waals surface area contributed by atoms with Crippen molar-refractivity contribution in [3.8, 4) is 5.75 Å². The van der Waals surface area contributed by atoms with Crippen LogP contribution in [0.25, 0.3) is 11.0 Å². The first-order valence-corrected chi connectivity index (χ1v) is 8.74. The number of ether oxygens (including phenoxy) is 1. The van der Waals surface area contributed by atoms with Crippen LogP contribution < -0.4 is 4.74 Å². The van der Waals surface area contributed by atoms with Crippen molar-refractivity contribution in [1.82, 2.24) is 15.0 Å². The third kappa shape index (κ3) is 3.22. The Morgan fingerprint density at radius 2 is 2.12 bits per heavy atom. The zero-order valence-electron chi connectivity index (χ0n) is 13.9. The van der Waals surface area contributed by atoms with E-state index in [9.17, 15) is 14.3 Å². The van der Waals surface area contributed by atoms with E-state index < -0.39 is 15.7 Å². The number of rotatable bonds is 5. The summed E-state index contributed by atoms with van der Waals surface area (Å²) in [5.41, 5.74) is 2.72. The van der Waals surface area contributed by atoms with Crippen LogP contribution in [0.4, 0.5) is 5.69 Å². The number of hydrogen-bond acceptors (Lipinski definition) is 6. The number of pyridine rings is 1. The summed E-state index contributed by atoms with van der Waals surface area (Å²) in [6.45, 7) is 3.25. The fourth-order valence-electron chi connectivity index (χ4n) is 2.58. The number of fused-ring (bicyclic) bond motifs is 1. The van der Waals surface area contributed by atoms with E-state index in [1.165, 1.54) is 6.20 Å². The second-order valence-electron chi connectivity index (χ2n) is 5.53. The molecule has 8 nitrogen and oxygen atoms in total. The van der Waals surface area contributed by atoms with E-state index in [2.05, 4.69) is 15.0 Å². The highest BCUT2D eigenvalue weighted by Crippen LogP contribution is 2.26. The Bertz CT molecular complexity index is 999. The molecule has 9 heteroatoms.